The molecule has 0 radical (unpaired) electrons. The highest BCUT2D eigenvalue weighted by Crippen LogP contribution is 2.31. The zero-order valence-electron chi connectivity index (χ0n) is 14.6. The molecule has 10 heteroatoms. The van der Waals surface area contributed by atoms with Gasteiger partial charge in [0.25, 0.3) is 5.91 Å². The SMILES string of the molecule is COc1ccc(C(=O)Nc2nnc(SCc3ccccc3)s2)cc1OC(F)F. The molecule has 146 valence electrons. The minimum atomic E-state index is -3.03. The van der Waals surface area contributed by atoms with Crippen LogP contribution in [0.4, 0.5) is 13.9 Å². The predicted octanol–water partition coefficient (Wildman–Crippen LogP) is 4.69. The van der Waals surface area contributed by atoms with E-state index in [-0.39, 0.29) is 17.1 Å². The number of rotatable bonds is 8. The first kappa shape index (κ1) is 20.0. The van der Waals surface area contributed by atoms with E-state index in [4.69, 9.17) is 4.74 Å². The van der Waals surface area contributed by atoms with Gasteiger partial charge in [-0.2, -0.15) is 8.78 Å². The van der Waals surface area contributed by atoms with Gasteiger partial charge in [0.15, 0.2) is 15.8 Å². The topological polar surface area (TPSA) is 73.3 Å². The summed E-state index contributed by atoms with van der Waals surface area (Å²) in [5.74, 6) is 0.0994. The van der Waals surface area contributed by atoms with Crippen molar-refractivity contribution in [3.8, 4) is 11.5 Å². The summed E-state index contributed by atoms with van der Waals surface area (Å²) in [4.78, 5) is 12.4. The third kappa shape index (κ3) is 5.40. The maximum atomic E-state index is 12.5. The highest BCUT2D eigenvalue weighted by molar-refractivity contribution is 8.00. The van der Waals surface area contributed by atoms with Crippen LogP contribution in [0.15, 0.2) is 52.9 Å². The van der Waals surface area contributed by atoms with Crippen LogP contribution in [-0.2, 0) is 5.75 Å². The standard InChI is InChI=1S/C18H15F2N3O3S2/c1-25-13-8-7-12(9-14(13)26-16(19)20)15(24)21-17-22-23-18(28-17)27-10-11-5-3-2-4-6-11/h2-9,16H,10H2,1H3,(H,21,22,24). The van der Waals surface area contributed by atoms with Gasteiger partial charge in [0.2, 0.25) is 5.13 Å². The molecule has 1 N–H and O–H groups in total. The number of benzene rings is 2. The first-order chi connectivity index (χ1) is 13.5. The Morgan fingerprint density at radius 1 is 1.18 bits per heavy atom. The molecule has 0 unspecified atom stereocenters. The molecule has 0 aliphatic carbocycles. The van der Waals surface area contributed by atoms with Gasteiger partial charge >= 0.3 is 6.61 Å². The Balaban J connectivity index is 1.64. The lowest BCUT2D eigenvalue weighted by atomic mass is 10.2. The van der Waals surface area contributed by atoms with Crippen molar-refractivity contribution >= 4 is 34.1 Å². The second-order valence-corrected chi connectivity index (χ2v) is 7.55. The lowest BCUT2D eigenvalue weighted by molar-refractivity contribution is -0.0512. The van der Waals surface area contributed by atoms with Gasteiger partial charge in [0.05, 0.1) is 7.11 Å². The number of anilines is 1. The van der Waals surface area contributed by atoms with Gasteiger partial charge in [0, 0.05) is 11.3 Å². The number of carbonyl (C=O) groups excluding carboxylic acids is 1. The Morgan fingerprint density at radius 2 is 1.96 bits per heavy atom. The van der Waals surface area contributed by atoms with E-state index in [0.29, 0.717) is 9.47 Å². The van der Waals surface area contributed by atoms with Gasteiger partial charge in [0.1, 0.15) is 0 Å². The van der Waals surface area contributed by atoms with Crippen molar-refractivity contribution in [3.63, 3.8) is 0 Å². The predicted molar refractivity (Wildman–Crippen MR) is 103 cm³/mol. The van der Waals surface area contributed by atoms with Crippen molar-refractivity contribution in [1.82, 2.24) is 10.2 Å². The van der Waals surface area contributed by atoms with Crippen LogP contribution in [0.5, 0.6) is 11.5 Å². The van der Waals surface area contributed by atoms with E-state index in [1.54, 1.807) is 0 Å². The van der Waals surface area contributed by atoms with Crippen LogP contribution in [0.2, 0.25) is 0 Å². The maximum absolute atomic E-state index is 12.5. The maximum Gasteiger partial charge on any atom is 0.387 e. The molecule has 0 spiro atoms. The molecule has 6 nitrogen and oxygen atoms in total. The van der Waals surface area contributed by atoms with Crippen molar-refractivity contribution in [3.05, 3.63) is 59.7 Å². The van der Waals surface area contributed by atoms with Gasteiger partial charge in [-0.3, -0.25) is 10.1 Å². The fourth-order valence-corrected chi connectivity index (χ4v) is 3.92. The van der Waals surface area contributed by atoms with E-state index >= 15 is 0 Å². The molecule has 2 aromatic carbocycles. The largest absolute Gasteiger partial charge is 0.493 e. The molecule has 0 bridgehead atoms. The summed E-state index contributed by atoms with van der Waals surface area (Å²) in [5.41, 5.74) is 1.28. The number of alkyl halides is 2. The normalized spacial score (nSPS) is 10.7. The number of halogens is 2. The Hall–Kier alpha value is -2.72. The quantitative estimate of drug-likeness (QED) is 0.419. The van der Waals surface area contributed by atoms with E-state index in [9.17, 15) is 13.6 Å². The van der Waals surface area contributed by atoms with E-state index in [2.05, 4.69) is 20.3 Å². The van der Waals surface area contributed by atoms with Crippen LogP contribution in [0.25, 0.3) is 0 Å². The van der Waals surface area contributed by atoms with Gasteiger partial charge < -0.3 is 9.47 Å². The van der Waals surface area contributed by atoms with E-state index < -0.39 is 12.5 Å². The van der Waals surface area contributed by atoms with Crippen molar-refractivity contribution in [1.29, 1.82) is 0 Å². The summed E-state index contributed by atoms with van der Waals surface area (Å²) in [7, 11) is 1.32. The van der Waals surface area contributed by atoms with E-state index in [1.165, 1.54) is 48.4 Å². The monoisotopic (exact) mass is 423 g/mol. The van der Waals surface area contributed by atoms with Crippen LogP contribution in [0, 0.1) is 0 Å². The number of nitrogens with one attached hydrogen (secondary N) is 1. The van der Waals surface area contributed by atoms with Crippen LogP contribution in [0.3, 0.4) is 0 Å². The second-order valence-electron chi connectivity index (χ2n) is 5.35. The molecule has 1 amide bonds. The molecule has 0 atom stereocenters. The lowest BCUT2D eigenvalue weighted by Crippen LogP contribution is -2.12. The average molecular weight is 423 g/mol. The van der Waals surface area contributed by atoms with E-state index in [0.717, 1.165) is 11.3 Å². The molecule has 0 saturated carbocycles. The number of nitrogens with zero attached hydrogens (tertiary/aromatic N) is 2. The molecule has 1 aromatic heterocycles. The number of methoxy groups -OCH3 is 1. The number of thioether (sulfide) groups is 1. The lowest BCUT2D eigenvalue weighted by Gasteiger charge is -2.11. The Kier molecular flexibility index (Phi) is 6.77. The Bertz CT molecular complexity index is 939. The number of aromatic nitrogens is 2. The minimum Gasteiger partial charge on any atom is -0.493 e. The van der Waals surface area contributed by atoms with Crippen LogP contribution >= 0.6 is 23.1 Å². The summed E-state index contributed by atoms with van der Waals surface area (Å²) in [6.07, 6.45) is 0. The Morgan fingerprint density at radius 3 is 2.68 bits per heavy atom. The third-order valence-corrected chi connectivity index (χ3v) is 5.52. The number of amides is 1. The molecular weight excluding hydrogens is 408 g/mol. The molecule has 0 fully saturated rings. The molecule has 0 aliphatic rings. The van der Waals surface area contributed by atoms with Gasteiger partial charge in [-0.1, -0.05) is 53.4 Å². The summed E-state index contributed by atoms with van der Waals surface area (Å²) < 4.78 is 35.1. The summed E-state index contributed by atoms with van der Waals surface area (Å²) in [5, 5.41) is 10.9. The zero-order valence-corrected chi connectivity index (χ0v) is 16.2. The van der Waals surface area contributed by atoms with Crippen molar-refractivity contribution in [2.45, 2.75) is 16.7 Å². The van der Waals surface area contributed by atoms with Crippen molar-refractivity contribution in [2.24, 2.45) is 0 Å². The number of hydrogen-bond acceptors (Lipinski definition) is 7. The summed E-state index contributed by atoms with van der Waals surface area (Å²) in [6, 6.07) is 13.9. The molecule has 0 aliphatic heterocycles. The number of hydrogen-bond donors (Lipinski definition) is 1. The van der Waals surface area contributed by atoms with Crippen LogP contribution in [-0.4, -0.2) is 29.8 Å². The fraction of sp³-hybridized carbons (Fsp3) is 0.167. The Labute approximate surface area is 167 Å². The minimum absolute atomic E-state index is 0.104. The molecule has 3 rings (SSSR count). The van der Waals surface area contributed by atoms with Crippen molar-refractivity contribution in [2.75, 3.05) is 12.4 Å². The average Bonchev–Trinajstić information content (AvgIpc) is 3.14. The highest BCUT2D eigenvalue weighted by Gasteiger charge is 2.16. The van der Waals surface area contributed by atoms with Crippen LogP contribution in [0.1, 0.15) is 15.9 Å². The van der Waals surface area contributed by atoms with Gasteiger partial charge in [-0.05, 0) is 23.8 Å². The number of carbonyl (C=O) groups is 1. The third-order valence-electron chi connectivity index (χ3n) is 3.47. The van der Waals surface area contributed by atoms with Crippen molar-refractivity contribution < 1.29 is 23.0 Å². The molecule has 3 aromatic rings. The first-order valence-electron chi connectivity index (χ1n) is 7.99. The smallest absolute Gasteiger partial charge is 0.387 e. The van der Waals surface area contributed by atoms with Gasteiger partial charge in [-0.15, -0.1) is 10.2 Å². The highest BCUT2D eigenvalue weighted by atomic mass is 32.2. The summed E-state index contributed by atoms with van der Waals surface area (Å²) >= 11 is 2.74. The molecule has 1 heterocycles. The molecular formula is C18H15F2N3O3S2. The van der Waals surface area contributed by atoms with Gasteiger partial charge in [-0.25, -0.2) is 0 Å². The second kappa shape index (κ2) is 9.47. The first-order valence-corrected chi connectivity index (χ1v) is 9.80. The fourth-order valence-electron chi connectivity index (χ4n) is 2.21. The molecule has 28 heavy (non-hydrogen) atoms. The van der Waals surface area contributed by atoms with E-state index in [1.807, 2.05) is 30.3 Å². The number of ether oxygens (including phenoxy) is 2. The zero-order chi connectivity index (χ0) is 19.9. The van der Waals surface area contributed by atoms with Crippen LogP contribution < -0.4 is 14.8 Å². The molecule has 0 saturated heterocycles. The summed E-state index contributed by atoms with van der Waals surface area (Å²) in [6.45, 7) is -3.03.